The van der Waals surface area contributed by atoms with Crippen molar-refractivity contribution in [2.45, 2.75) is 12.5 Å². The van der Waals surface area contributed by atoms with Crippen LogP contribution in [0.1, 0.15) is 16.8 Å². The lowest BCUT2D eigenvalue weighted by Gasteiger charge is -2.38. The Kier molecular flexibility index (Phi) is 8.61. The van der Waals surface area contributed by atoms with Crippen LogP contribution in [0.2, 0.25) is 0 Å². The van der Waals surface area contributed by atoms with Gasteiger partial charge in [0.1, 0.15) is 0 Å². The van der Waals surface area contributed by atoms with Crippen molar-refractivity contribution in [3.05, 3.63) is 29.8 Å². The molecule has 3 aliphatic rings. The SMILES string of the molecule is O=C1CN(C(=O)[C@H]2CN(C(=O)c3ccc(N4CCOCC4)cc3)CC[C@H]2O)CCN1.O=CO. The third-order valence-corrected chi connectivity index (χ3v) is 6.02. The Balaban J connectivity index is 0.000000968. The number of likely N-dealkylation sites (tertiary alicyclic amines) is 1. The fraction of sp³-hybridized carbons (Fsp3) is 0.545. The number of amides is 3. The first-order valence-electron chi connectivity index (χ1n) is 11.0. The molecule has 11 nitrogen and oxygen atoms in total. The highest BCUT2D eigenvalue weighted by Crippen LogP contribution is 2.23. The van der Waals surface area contributed by atoms with Crippen molar-refractivity contribution >= 4 is 29.9 Å². The summed E-state index contributed by atoms with van der Waals surface area (Å²) in [6, 6.07) is 7.49. The lowest BCUT2D eigenvalue weighted by Crippen LogP contribution is -2.57. The van der Waals surface area contributed by atoms with Gasteiger partial charge in [-0.3, -0.25) is 19.2 Å². The van der Waals surface area contributed by atoms with Gasteiger partial charge in [0.05, 0.1) is 31.8 Å². The smallest absolute Gasteiger partial charge is 0.290 e. The number of carbonyl (C=O) groups excluding carboxylic acids is 3. The molecular formula is C22H30N4O7. The number of benzene rings is 1. The number of carbonyl (C=O) groups is 4. The first-order chi connectivity index (χ1) is 15.9. The van der Waals surface area contributed by atoms with Crippen molar-refractivity contribution in [2.75, 3.05) is 63.9 Å². The van der Waals surface area contributed by atoms with Crippen LogP contribution >= 0.6 is 0 Å². The van der Waals surface area contributed by atoms with Crippen molar-refractivity contribution in [1.82, 2.24) is 15.1 Å². The Morgan fingerprint density at radius 1 is 1.06 bits per heavy atom. The van der Waals surface area contributed by atoms with Crippen molar-refractivity contribution < 1.29 is 34.1 Å². The maximum Gasteiger partial charge on any atom is 0.290 e. The number of rotatable bonds is 3. The van der Waals surface area contributed by atoms with Crippen LogP contribution in [0.15, 0.2) is 24.3 Å². The highest BCUT2D eigenvalue weighted by molar-refractivity contribution is 5.95. The van der Waals surface area contributed by atoms with Gasteiger partial charge >= 0.3 is 0 Å². The Bertz CT molecular complexity index is 842. The Hall–Kier alpha value is -3.18. The van der Waals surface area contributed by atoms with Crippen LogP contribution < -0.4 is 10.2 Å². The minimum absolute atomic E-state index is 0.000990. The van der Waals surface area contributed by atoms with E-state index in [1.807, 2.05) is 24.3 Å². The lowest BCUT2D eigenvalue weighted by molar-refractivity contribution is -0.146. The second-order valence-corrected chi connectivity index (χ2v) is 8.08. The Morgan fingerprint density at radius 2 is 1.73 bits per heavy atom. The van der Waals surface area contributed by atoms with E-state index in [-0.39, 0.29) is 37.3 Å². The van der Waals surface area contributed by atoms with E-state index in [4.69, 9.17) is 14.6 Å². The van der Waals surface area contributed by atoms with Gasteiger partial charge in [-0.05, 0) is 30.7 Å². The highest BCUT2D eigenvalue weighted by atomic mass is 16.5. The molecule has 1 aromatic carbocycles. The number of ether oxygens (including phenoxy) is 1. The molecule has 3 saturated heterocycles. The zero-order valence-electron chi connectivity index (χ0n) is 18.4. The molecule has 11 heteroatoms. The predicted octanol–water partition coefficient (Wildman–Crippen LogP) is -0.995. The maximum atomic E-state index is 13.0. The lowest BCUT2D eigenvalue weighted by atomic mass is 9.92. The molecule has 3 amide bonds. The molecule has 3 fully saturated rings. The molecule has 0 aromatic heterocycles. The van der Waals surface area contributed by atoms with Gasteiger partial charge in [0.25, 0.3) is 12.4 Å². The molecule has 33 heavy (non-hydrogen) atoms. The van der Waals surface area contributed by atoms with E-state index in [2.05, 4.69) is 10.2 Å². The van der Waals surface area contributed by atoms with Crippen LogP contribution in [0.5, 0.6) is 0 Å². The summed E-state index contributed by atoms with van der Waals surface area (Å²) in [5.41, 5.74) is 1.62. The summed E-state index contributed by atoms with van der Waals surface area (Å²) in [6.07, 6.45) is -0.469. The number of nitrogens with one attached hydrogen (secondary N) is 1. The largest absolute Gasteiger partial charge is 0.483 e. The molecule has 0 saturated carbocycles. The van der Waals surface area contributed by atoms with E-state index in [9.17, 15) is 19.5 Å². The maximum absolute atomic E-state index is 13.0. The molecule has 2 atom stereocenters. The number of carboxylic acid groups (broad SMARTS) is 1. The summed E-state index contributed by atoms with van der Waals surface area (Å²) in [6.45, 7) is 4.19. The number of piperidine rings is 1. The number of hydrogen-bond donors (Lipinski definition) is 3. The molecule has 180 valence electrons. The first-order valence-corrected chi connectivity index (χ1v) is 11.0. The third-order valence-electron chi connectivity index (χ3n) is 6.02. The third kappa shape index (κ3) is 6.20. The van der Waals surface area contributed by atoms with Gasteiger partial charge in [0, 0.05) is 50.5 Å². The van der Waals surface area contributed by atoms with Crippen LogP contribution in [0.3, 0.4) is 0 Å². The van der Waals surface area contributed by atoms with Crippen molar-refractivity contribution in [2.24, 2.45) is 5.92 Å². The zero-order chi connectivity index (χ0) is 23.8. The van der Waals surface area contributed by atoms with E-state index in [1.165, 1.54) is 4.90 Å². The monoisotopic (exact) mass is 462 g/mol. The molecule has 3 heterocycles. The van der Waals surface area contributed by atoms with Gasteiger partial charge in [-0.15, -0.1) is 0 Å². The van der Waals surface area contributed by atoms with Gasteiger partial charge in [0.2, 0.25) is 11.8 Å². The Labute approximate surface area is 191 Å². The minimum Gasteiger partial charge on any atom is -0.483 e. The topological polar surface area (TPSA) is 140 Å². The molecule has 0 spiro atoms. The highest BCUT2D eigenvalue weighted by Gasteiger charge is 2.38. The van der Waals surface area contributed by atoms with E-state index >= 15 is 0 Å². The van der Waals surface area contributed by atoms with E-state index in [0.717, 1.165) is 18.8 Å². The van der Waals surface area contributed by atoms with Crippen molar-refractivity contribution in [1.29, 1.82) is 0 Å². The quantitative estimate of drug-likeness (QED) is 0.487. The Morgan fingerprint density at radius 3 is 2.36 bits per heavy atom. The average Bonchev–Trinajstić information content (AvgIpc) is 2.85. The molecule has 0 aliphatic carbocycles. The molecule has 3 N–H and O–H groups in total. The first kappa shape index (κ1) is 24.5. The van der Waals surface area contributed by atoms with Gasteiger partial charge < -0.3 is 35.0 Å². The molecule has 4 rings (SSSR count). The molecule has 1 aromatic rings. The summed E-state index contributed by atoms with van der Waals surface area (Å²) < 4.78 is 5.37. The van der Waals surface area contributed by atoms with Crippen LogP contribution in [0.25, 0.3) is 0 Å². The number of piperazine rings is 1. The van der Waals surface area contributed by atoms with Gasteiger partial charge in [-0.2, -0.15) is 0 Å². The van der Waals surface area contributed by atoms with Gasteiger partial charge in [-0.25, -0.2) is 0 Å². The fourth-order valence-corrected chi connectivity index (χ4v) is 4.25. The number of hydrogen-bond acceptors (Lipinski definition) is 7. The normalized spacial score (nSPS) is 23.2. The van der Waals surface area contributed by atoms with E-state index < -0.39 is 12.0 Å². The van der Waals surface area contributed by atoms with E-state index in [0.29, 0.717) is 44.8 Å². The van der Waals surface area contributed by atoms with Gasteiger partial charge in [0.15, 0.2) is 0 Å². The number of anilines is 1. The molecule has 0 radical (unpaired) electrons. The number of aliphatic hydroxyl groups excluding tert-OH is 1. The zero-order valence-corrected chi connectivity index (χ0v) is 18.4. The summed E-state index contributed by atoms with van der Waals surface area (Å²) in [7, 11) is 0. The van der Waals surface area contributed by atoms with Crippen LogP contribution in [-0.2, 0) is 19.1 Å². The second kappa shape index (κ2) is 11.6. The van der Waals surface area contributed by atoms with Crippen LogP contribution in [-0.4, -0.2) is 109 Å². The predicted molar refractivity (Wildman–Crippen MR) is 118 cm³/mol. The second-order valence-electron chi connectivity index (χ2n) is 8.08. The summed E-state index contributed by atoms with van der Waals surface area (Å²) >= 11 is 0. The van der Waals surface area contributed by atoms with Crippen LogP contribution in [0, 0.1) is 5.92 Å². The standard InChI is InChI=1S/C21H28N4O5.CH2O2/c26-18-5-7-24(13-17(18)21(29)25-8-6-22-19(27)14-25)20(28)15-1-3-16(4-2-15)23-9-11-30-12-10-23;2-1-3/h1-4,17-18,26H,5-14H2,(H,22,27);1H,(H,2,3)/t17-,18+;/m0./s1. The molecule has 0 bridgehead atoms. The number of morpholine rings is 1. The van der Waals surface area contributed by atoms with E-state index in [1.54, 1.807) is 4.90 Å². The summed E-state index contributed by atoms with van der Waals surface area (Å²) in [5.74, 6) is -1.32. The molecule has 0 unspecified atom stereocenters. The summed E-state index contributed by atoms with van der Waals surface area (Å²) in [4.78, 5) is 51.2. The van der Waals surface area contributed by atoms with Crippen LogP contribution in [0.4, 0.5) is 5.69 Å². The molecular weight excluding hydrogens is 432 g/mol. The minimum atomic E-state index is -0.810. The van der Waals surface area contributed by atoms with Crippen molar-refractivity contribution in [3.63, 3.8) is 0 Å². The summed E-state index contributed by atoms with van der Waals surface area (Å²) in [5, 5.41) is 20.0. The average molecular weight is 463 g/mol. The number of nitrogens with zero attached hydrogens (tertiary/aromatic N) is 3. The number of aliphatic hydroxyl groups is 1. The fourth-order valence-electron chi connectivity index (χ4n) is 4.25. The van der Waals surface area contributed by atoms with Gasteiger partial charge in [-0.1, -0.05) is 0 Å². The molecule has 3 aliphatic heterocycles. The van der Waals surface area contributed by atoms with Crippen molar-refractivity contribution in [3.8, 4) is 0 Å².